The number of pyridine rings is 1. The molecule has 0 aliphatic rings. The van der Waals surface area contributed by atoms with Crippen molar-refractivity contribution in [2.45, 2.75) is 19.9 Å². The van der Waals surface area contributed by atoms with Crippen LogP contribution < -0.4 is 11.1 Å². The van der Waals surface area contributed by atoms with Gasteiger partial charge in [-0.3, -0.25) is 5.32 Å². The van der Waals surface area contributed by atoms with E-state index in [2.05, 4.69) is 15.3 Å². The van der Waals surface area contributed by atoms with E-state index in [9.17, 15) is 13.2 Å². The van der Waals surface area contributed by atoms with Crippen LogP contribution in [-0.2, 0) is 15.6 Å². The number of nitrogens with zero attached hydrogens (tertiary/aromatic N) is 2. The third-order valence-electron chi connectivity index (χ3n) is 3.17. The molecule has 134 valence electrons. The van der Waals surface area contributed by atoms with E-state index < -0.39 is 15.9 Å². The number of benzene rings is 1. The maximum absolute atomic E-state index is 12.9. The number of anilines is 1. The highest BCUT2D eigenvalue weighted by molar-refractivity contribution is 7.98. The Morgan fingerprint density at radius 2 is 1.88 bits per heavy atom. The average molecular weight is 407 g/mol. The Morgan fingerprint density at radius 1 is 1.15 bits per heavy atom. The van der Waals surface area contributed by atoms with Crippen molar-refractivity contribution in [3.05, 3.63) is 60.4 Å². The van der Waals surface area contributed by atoms with Crippen LogP contribution in [0.1, 0.15) is 5.69 Å². The number of carbonyl (C=O) groups is 1. The third-order valence-corrected chi connectivity index (χ3v) is 7.42. The molecule has 0 fully saturated rings. The molecular weight excluding hydrogens is 392 g/mol. The van der Waals surface area contributed by atoms with Crippen molar-refractivity contribution in [2.24, 2.45) is 5.73 Å². The molecule has 3 rings (SSSR count). The molecular formula is C16H14N4O3S3. The molecule has 2 amide bonds. The van der Waals surface area contributed by atoms with E-state index in [0.29, 0.717) is 11.4 Å². The average Bonchev–Trinajstić information content (AvgIpc) is 3.04. The lowest BCUT2D eigenvalue weighted by atomic mass is 10.4. The summed E-state index contributed by atoms with van der Waals surface area (Å²) in [6.45, 7) is 0. The molecule has 0 atom stereocenters. The maximum atomic E-state index is 12.9. The predicted octanol–water partition coefficient (Wildman–Crippen LogP) is 3.15. The van der Waals surface area contributed by atoms with Gasteiger partial charge in [-0.05, 0) is 24.3 Å². The van der Waals surface area contributed by atoms with Gasteiger partial charge >= 0.3 is 6.03 Å². The van der Waals surface area contributed by atoms with Crippen LogP contribution in [-0.4, -0.2) is 24.4 Å². The summed E-state index contributed by atoms with van der Waals surface area (Å²) in [5.41, 5.74) is 5.46. The number of nitrogens with one attached hydrogen (secondary N) is 1. The Labute approximate surface area is 158 Å². The highest BCUT2D eigenvalue weighted by Gasteiger charge is 2.27. The first kappa shape index (κ1) is 18.4. The van der Waals surface area contributed by atoms with E-state index in [1.54, 1.807) is 12.1 Å². The fourth-order valence-electron chi connectivity index (χ4n) is 2.07. The summed E-state index contributed by atoms with van der Waals surface area (Å²) in [5, 5.41) is 2.41. The Morgan fingerprint density at radius 3 is 2.54 bits per heavy atom. The quantitative estimate of drug-likeness (QED) is 0.608. The number of hydrogen-bond acceptors (Lipinski definition) is 7. The molecule has 2 aromatic heterocycles. The van der Waals surface area contributed by atoms with Gasteiger partial charge in [-0.25, -0.2) is 23.2 Å². The largest absolute Gasteiger partial charge is 0.351 e. The van der Waals surface area contributed by atoms with Crippen molar-refractivity contribution in [3.63, 3.8) is 0 Å². The van der Waals surface area contributed by atoms with Crippen LogP contribution in [0.3, 0.4) is 0 Å². The summed E-state index contributed by atoms with van der Waals surface area (Å²) < 4.78 is 25.9. The molecule has 10 heteroatoms. The molecule has 0 aliphatic carbocycles. The zero-order chi connectivity index (χ0) is 18.6. The number of sulfone groups is 1. The third kappa shape index (κ3) is 4.21. The molecule has 26 heavy (non-hydrogen) atoms. The predicted molar refractivity (Wildman–Crippen MR) is 101 cm³/mol. The molecule has 0 spiro atoms. The highest BCUT2D eigenvalue weighted by Crippen LogP contribution is 2.35. The Hall–Kier alpha value is -2.43. The first-order valence-electron chi connectivity index (χ1n) is 7.37. The number of aromatic nitrogens is 2. The van der Waals surface area contributed by atoms with Crippen molar-refractivity contribution in [2.75, 3.05) is 5.32 Å². The van der Waals surface area contributed by atoms with Crippen molar-refractivity contribution in [1.82, 2.24) is 9.97 Å². The van der Waals surface area contributed by atoms with Crippen molar-refractivity contribution < 1.29 is 13.2 Å². The first-order valence-corrected chi connectivity index (χ1v) is 10.7. The minimum Gasteiger partial charge on any atom is -0.351 e. The van der Waals surface area contributed by atoms with E-state index in [1.807, 2.05) is 30.3 Å². The van der Waals surface area contributed by atoms with Gasteiger partial charge in [-0.15, -0.1) is 11.8 Å². The minimum atomic E-state index is -3.85. The van der Waals surface area contributed by atoms with E-state index >= 15 is 0 Å². The summed E-state index contributed by atoms with van der Waals surface area (Å²) in [6, 6.07) is 13.4. The van der Waals surface area contributed by atoms with Gasteiger partial charge in [0.25, 0.3) is 0 Å². The van der Waals surface area contributed by atoms with Gasteiger partial charge in [-0.1, -0.05) is 35.6 Å². The molecule has 0 saturated carbocycles. The van der Waals surface area contributed by atoms with E-state index in [1.165, 1.54) is 24.0 Å². The number of thioether (sulfide) groups is 1. The zero-order valence-corrected chi connectivity index (χ0v) is 15.8. The molecule has 3 aromatic rings. The number of urea groups is 1. The van der Waals surface area contributed by atoms with Gasteiger partial charge in [0.05, 0.1) is 5.69 Å². The number of hydrogen-bond donors (Lipinski definition) is 2. The normalized spacial score (nSPS) is 11.2. The molecule has 7 nitrogen and oxygen atoms in total. The number of nitrogens with two attached hydrogens (primary N) is 1. The molecule has 0 aliphatic heterocycles. The number of thiazole rings is 1. The molecule has 0 bridgehead atoms. The van der Waals surface area contributed by atoms with Crippen LogP contribution in [0.4, 0.5) is 9.93 Å². The van der Waals surface area contributed by atoms with E-state index in [0.717, 1.165) is 16.2 Å². The number of rotatable bonds is 6. The van der Waals surface area contributed by atoms with Crippen LogP contribution in [0, 0.1) is 0 Å². The maximum Gasteiger partial charge on any atom is 0.318 e. The van der Waals surface area contributed by atoms with Gasteiger partial charge in [-0.2, -0.15) is 0 Å². The summed E-state index contributed by atoms with van der Waals surface area (Å²) in [7, 11) is -3.85. The van der Waals surface area contributed by atoms with Crippen molar-refractivity contribution >= 4 is 44.1 Å². The summed E-state index contributed by atoms with van der Waals surface area (Å²) in [4.78, 5) is 20.2. The van der Waals surface area contributed by atoms with Crippen LogP contribution >= 0.6 is 23.1 Å². The fraction of sp³-hybridized carbons (Fsp3) is 0.0625. The SMILES string of the molecule is NC(=O)Nc1nc(CSc2ccccc2)c(S(=O)(=O)c2ccccn2)s1. The Bertz CT molecular complexity index is 1010. The lowest BCUT2D eigenvalue weighted by molar-refractivity contribution is 0.259. The van der Waals surface area contributed by atoms with Gasteiger partial charge in [0, 0.05) is 16.8 Å². The molecule has 2 heterocycles. The van der Waals surface area contributed by atoms with E-state index in [-0.39, 0.29) is 14.4 Å². The zero-order valence-electron chi connectivity index (χ0n) is 13.3. The van der Waals surface area contributed by atoms with Crippen LogP contribution in [0.2, 0.25) is 0 Å². The highest BCUT2D eigenvalue weighted by atomic mass is 32.2. The first-order chi connectivity index (χ1) is 12.5. The number of amides is 2. The van der Waals surface area contributed by atoms with Gasteiger partial charge < -0.3 is 5.73 Å². The monoisotopic (exact) mass is 406 g/mol. The standard InChI is InChI=1S/C16H14N4O3S3/c17-15(21)20-16-19-12(10-24-11-6-2-1-3-7-11)14(25-16)26(22,23)13-8-4-5-9-18-13/h1-9H,10H2,(H3,17,19,20,21). The minimum absolute atomic E-state index is 0.0448. The van der Waals surface area contributed by atoms with Gasteiger partial charge in [0.2, 0.25) is 9.84 Å². The van der Waals surface area contributed by atoms with Gasteiger partial charge in [0.1, 0.15) is 0 Å². The second-order valence-electron chi connectivity index (χ2n) is 5.02. The molecule has 3 N–H and O–H groups in total. The van der Waals surface area contributed by atoms with Gasteiger partial charge in [0.15, 0.2) is 14.4 Å². The van der Waals surface area contributed by atoms with Crippen LogP contribution in [0.15, 0.2) is 68.9 Å². The van der Waals surface area contributed by atoms with E-state index in [4.69, 9.17) is 5.73 Å². The van der Waals surface area contributed by atoms with Crippen molar-refractivity contribution in [1.29, 1.82) is 0 Å². The molecule has 0 radical (unpaired) electrons. The lowest BCUT2D eigenvalue weighted by Crippen LogP contribution is -2.19. The summed E-state index contributed by atoms with van der Waals surface area (Å²) >= 11 is 2.31. The second kappa shape index (κ2) is 7.85. The smallest absolute Gasteiger partial charge is 0.318 e. The second-order valence-corrected chi connectivity index (χ2v) is 9.16. The fourth-order valence-corrected chi connectivity index (χ4v) is 5.84. The molecule has 0 unspecified atom stereocenters. The van der Waals surface area contributed by atoms with Crippen LogP contribution in [0.25, 0.3) is 0 Å². The van der Waals surface area contributed by atoms with Crippen molar-refractivity contribution in [3.8, 4) is 0 Å². The Kier molecular flexibility index (Phi) is 5.55. The topological polar surface area (TPSA) is 115 Å². The lowest BCUT2D eigenvalue weighted by Gasteiger charge is -2.04. The number of primary amides is 1. The van der Waals surface area contributed by atoms with Crippen LogP contribution in [0.5, 0.6) is 0 Å². The summed E-state index contributed by atoms with van der Waals surface area (Å²) in [5.74, 6) is 0.322. The Balaban J connectivity index is 1.97. The summed E-state index contributed by atoms with van der Waals surface area (Å²) in [6.07, 6.45) is 1.41. The molecule has 1 aromatic carbocycles. The number of carbonyl (C=O) groups excluding carboxylic acids is 1. The molecule has 0 saturated heterocycles.